The minimum Gasteiger partial charge on any atom is -0.455 e. The van der Waals surface area contributed by atoms with Gasteiger partial charge in [0.15, 0.2) is 11.0 Å². The number of halogens is 1. The van der Waals surface area contributed by atoms with Crippen molar-refractivity contribution in [2.24, 2.45) is 5.92 Å². The predicted molar refractivity (Wildman–Crippen MR) is 149 cm³/mol. The molecule has 1 aliphatic rings. The summed E-state index contributed by atoms with van der Waals surface area (Å²) in [4.78, 5) is 31.7. The van der Waals surface area contributed by atoms with E-state index < -0.39 is 21.8 Å². The minimum atomic E-state index is -2.06. The molecule has 39 heavy (non-hydrogen) atoms. The Balaban J connectivity index is 1.31. The van der Waals surface area contributed by atoms with Crippen molar-refractivity contribution in [3.63, 3.8) is 0 Å². The van der Waals surface area contributed by atoms with Gasteiger partial charge in [-0.1, -0.05) is 15.9 Å². The number of ether oxygens (including phenoxy) is 2. The lowest BCUT2D eigenvalue weighted by molar-refractivity contribution is -0.384. The number of carbonyl (C=O) groups excluding carboxylic acids is 1. The van der Waals surface area contributed by atoms with Gasteiger partial charge in [0.1, 0.15) is 22.8 Å². The molecule has 0 spiro atoms. The first-order valence-electron chi connectivity index (χ1n) is 12.1. The number of nitro groups is 1. The Hall–Kier alpha value is -3.81. The van der Waals surface area contributed by atoms with Crippen molar-refractivity contribution in [3.8, 4) is 11.5 Å². The zero-order valence-corrected chi connectivity index (χ0v) is 22.9. The fraction of sp³-hybridized carbons (Fsp3) is 0.231. The number of aromatic nitrogens is 2. The maximum atomic E-state index is 13.1. The maximum absolute atomic E-state index is 13.1. The third kappa shape index (κ3) is 6.44. The SMILES string of the molecule is O=C(NS(=O)c1ccc(NCC2CCOCC2)c([N+](=O)[O-])c1)c1ccc(Br)cc1Oc1cnc2[nH]ccc2c1. The van der Waals surface area contributed by atoms with Crippen molar-refractivity contribution in [1.29, 1.82) is 0 Å². The molecule has 3 heterocycles. The highest BCUT2D eigenvalue weighted by Crippen LogP contribution is 2.31. The first-order valence-corrected chi connectivity index (χ1v) is 14.0. The van der Waals surface area contributed by atoms with Crippen LogP contribution in [0, 0.1) is 16.0 Å². The number of H-pyrrole nitrogens is 1. The lowest BCUT2D eigenvalue weighted by Crippen LogP contribution is -2.26. The number of rotatable bonds is 9. The molecule has 5 rings (SSSR count). The number of fused-ring (bicyclic) bond motifs is 1. The van der Waals surface area contributed by atoms with Crippen LogP contribution in [0.3, 0.4) is 0 Å². The molecule has 202 valence electrons. The van der Waals surface area contributed by atoms with Gasteiger partial charge in [0.05, 0.1) is 21.6 Å². The molecule has 13 heteroatoms. The summed E-state index contributed by atoms with van der Waals surface area (Å²) in [6.07, 6.45) is 5.05. The molecule has 4 aromatic rings. The molecule has 1 aliphatic heterocycles. The molecule has 0 radical (unpaired) electrons. The standard InChI is InChI=1S/C26H24BrN5O6S/c27-18-1-3-21(24(12-18)38-19-11-17-5-8-28-25(17)30-15-19)26(33)31-39(36)20-2-4-22(23(13-20)32(34)35)29-14-16-6-9-37-10-7-16/h1-5,8,11-13,15-16,29H,6-7,9-10,14H2,(H,28,30)(H,31,33). The number of aromatic amines is 1. The fourth-order valence-corrected chi connectivity index (χ4v) is 5.35. The van der Waals surface area contributed by atoms with Crippen LogP contribution in [0.4, 0.5) is 11.4 Å². The third-order valence-corrected chi connectivity index (χ3v) is 7.82. The first kappa shape index (κ1) is 26.8. The number of pyridine rings is 1. The van der Waals surface area contributed by atoms with E-state index >= 15 is 0 Å². The van der Waals surface area contributed by atoms with Gasteiger partial charge in [-0.05, 0) is 61.2 Å². The van der Waals surface area contributed by atoms with E-state index in [9.17, 15) is 19.1 Å². The number of amides is 1. The van der Waals surface area contributed by atoms with Crippen LogP contribution in [0.5, 0.6) is 11.5 Å². The largest absolute Gasteiger partial charge is 0.455 e. The summed E-state index contributed by atoms with van der Waals surface area (Å²) in [5.74, 6) is 0.314. The van der Waals surface area contributed by atoms with Gasteiger partial charge in [0.2, 0.25) is 0 Å². The summed E-state index contributed by atoms with van der Waals surface area (Å²) in [6, 6.07) is 12.6. The van der Waals surface area contributed by atoms with E-state index in [1.165, 1.54) is 30.5 Å². The number of nitrogens with one attached hydrogen (secondary N) is 3. The average molecular weight is 614 g/mol. The van der Waals surface area contributed by atoms with Crippen LogP contribution in [0.15, 0.2) is 70.3 Å². The molecule has 0 bridgehead atoms. The van der Waals surface area contributed by atoms with Crippen LogP contribution in [0.25, 0.3) is 11.0 Å². The van der Waals surface area contributed by atoms with Gasteiger partial charge >= 0.3 is 0 Å². The summed E-state index contributed by atoms with van der Waals surface area (Å²) in [5, 5.41) is 15.7. The number of nitro benzene ring substituents is 1. The van der Waals surface area contributed by atoms with Crippen LogP contribution < -0.4 is 14.8 Å². The minimum absolute atomic E-state index is 0.0911. The lowest BCUT2D eigenvalue weighted by atomic mass is 10.0. The third-order valence-electron chi connectivity index (χ3n) is 6.28. The quantitative estimate of drug-likeness (QED) is 0.170. The molecule has 0 saturated carbocycles. The Bertz CT molecular complexity index is 1560. The fourth-order valence-electron chi connectivity index (χ4n) is 4.20. The first-order chi connectivity index (χ1) is 18.9. The maximum Gasteiger partial charge on any atom is 0.293 e. The number of benzene rings is 2. The van der Waals surface area contributed by atoms with E-state index in [1.54, 1.807) is 24.4 Å². The second-order valence-electron chi connectivity index (χ2n) is 8.90. The van der Waals surface area contributed by atoms with E-state index in [1.807, 2.05) is 6.07 Å². The van der Waals surface area contributed by atoms with Gasteiger partial charge in [-0.2, -0.15) is 0 Å². The summed E-state index contributed by atoms with van der Waals surface area (Å²) in [5.41, 5.74) is 0.937. The predicted octanol–water partition coefficient (Wildman–Crippen LogP) is 5.32. The van der Waals surface area contributed by atoms with Crippen LogP contribution in [0.2, 0.25) is 0 Å². The summed E-state index contributed by atoms with van der Waals surface area (Å²) < 4.78 is 27.4. The van der Waals surface area contributed by atoms with Crippen LogP contribution in [0.1, 0.15) is 23.2 Å². The highest BCUT2D eigenvalue weighted by molar-refractivity contribution is 9.10. The Morgan fingerprint density at radius 2 is 2.03 bits per heavy atom. The van der Waals surface area contributed by atoms with Crippen molar-refractivity contribution in [2.45, 2.75) is 17.7 Å². The van der Waals surface area contributed by atoms with Crippen molar-refractivity contribution in [2.75, 3.05) is 25.1 Å². The van der Waals surface area contributed by atoms with Crippen molar-refractivity contribution < 1.29 is 23.4 Å². The summed E-state index contributed by atoms with van der Waals surface area (Å²) in [6.45, 7) is 1.93. The molecule has 1 fully saturated rings. The zero-order valence-electron chi connectivity index (χ0n) is 20.5. The molecule has 3 N–H and O–H groups in total. The van der Waals surface area contributed by atoms with Crippen LogP contribution in [-0.2, 0) is 15.7 Å². The Morgan fingerprint density at radius 1 is 1.21 bits per heavy atom. The average Bonchev–Trinajstić information content (AvgIpc) is 3.40. The second-order valence-corrected chi connectivity index (χ2v) is 11.0. The summed E-state index contributed by atoms with van der Waals surface area (Å²) in [7, 11) is -2.06. The molecule has 2 aromatic carbocycles. The lowest BCUT2D eigenvalue weighted by Gasteiger charge is -2.22. The normalized spacial score (nSPS) is 14.6. The van der Waals surface area contributed by atoms with Gasteiger partial charge in [-0.3, -0.25) is 19.6 Å². The van der Waals surface area contributed by atoms with Crippen molar-refractivity contribution >= 4 is 55.2 Å². The van der Waals surface area contributed by atoms with E-state index in [0.717, 1.165) is 18.2 Å². The van der Waals surface area contributed by atoms with Crippen molar-refractivity contribution in [3.05, 3.63) is 81.1 Å². The molecule has 0 aliphatic carbocycles. The molecular formula is C26H24BrN5O6S. The number of carbonyl (C=O) groups is 1. The van der Waals surface area contributed by atoms with Gasteiger partial charge in [-0.25, -0.2) is 9.19 Å². The van der Waals surface area contributed by atoms with Gasteiger partial charge in [-0.15, -0.1) is 0 Å². The van der Waals surface area contributed by atoms with E-state index in [-0.39, 0.29) is 21.9 Å². The molecule has 2 aromatic heterocycles. The zero-order chi connectivity index (χ0) is 27.4. The molecule has 1 amide bonds. The van der Waals surface area contributed by atoms with E-state index in [0.29, 0.717) is 47.2 Å². The Kier molecular flexibility index (Phi) is 8.19. The number of anilines is 1. The Labute approximate surface area is 234 Å². The number of hydrogen-bond acceptors (Lipinski definition) is 8. The highest BCUT2D eigenvalue weighted by Gasteiger charge is 2.22. The molecule has 11 nitrogen and oxygen atoms in total. The monoisotopic (exact) mass is 613 g/mol. The van der Waals surface area contributed by atoms with Crippen LogP contribution in [-0.4, -0.2) is 44.8 Å². The molecule has 1 atom stereocenters. The highest BCUT2D eigenvalue weighted by atomic mass is 79.9. The summed E-state index contributed by atoms with van der Waals surface area (Å²) >= 11 is 3.38. The van der Waals surface area contributed by atoms with Crippen LogP contribution >= 0.6 is 15.9 Å². The molecule has 1 unspecified atom stereocenters. The topological polar surface area (TPSA) is 148 Å². The molecular weight excluding hydrogens is 590 g/mol. The smallest absolute Gasteiger partial charge is 0.293 e. The number of nitrogens with zero attached hydrogens (tertiary/aromatic N) is 2. The number of hydrogen-bond donors (Lipinski definition) is 3. The second kappa shape index (κ2) is 11.9. The van der Waals surface area contributed by atoms with Gasteiger partial charge in [0, 0.05) is 41.9 Å². The van der Waals surface area contributed by atoms with Gasteiger partial charge < -0.3 is 19.8 Å². The van der Waals surface area contributed by atoms with Crippen molar-refractivity contribution in [1.82, 2.24) is 14.7 Å². The molecule has 1 saturated heterocycles. The van der Waals surface area contributed by atoms with E-state index in [4.69, 9.17) is 9.47 Å². The van der Waals surface area contributed by atoms with Gasteiger partial charge in [0.25, 0.3) is 11.6 Å². The Morgan fingerprint density at radius 3 is 2.82 bits per heavy atom. The van der Waals surface area contributed by atoms with E-state index in [2.05, 4.69) is 35.9 Å².